The van der Waals surface area contributed by atoms with Crippen molar-refractivity contribution in [2.45, 2.75) is 12.5 Å². The molecule has 140 valence electrons. The fourth-order valence-corrected chi connectivity index (χ4v) is 3.37. The number of fused-ring (bicyclic) bond motifs is 2. The van der Waals surface area contributed by atoms with E-state index in [1.165, 1.54) is 0 Å². The van der Waals surface area contributed by atoms with Gasteiger partial charge in [0.25, 0.3) is 0 Å². The molecule has 0 saturated heterocycles. The Morgan fingerprint density at radius 1 is 0.929 bits per heavy atom. The second-order valence-corrected chi connectivity index (χ2v) is 6.58. The minimum Gasteiger partial charge on any atom is -0.480 e. The molecule has 1 unspecified atom stereocenters. The van der Waals surface area contributed by atoms with Crippen LogP contribution in [0.15, 0.2) is 72.9 Å². The summed E-state index contributed by atoms with van der Waals surface area (Å²) in [5.41, 5.74) is 2.40. The lowest BCUT2D eigenvalue weighted by atomic mass is 10.1. The highest BCUT2D eigenvalue weighted by Crippen LogP contribution is 2.23. The summed E-state index contributed by atoms with van der Waals surface area (Å²) >= 11 is 0. The van der Waals surface area contributed by atoms with Gasteiger partial charge in [-0.3, -0.25) is 0 Å². The average Bonchev–Trinajstić information content (AvgIpc) is 3.11. The van der Waals surface area contributed by atoms with Crippen LogP contribution in [0.4, 0.5) is 10.5 Å². The van der Waals surface area contributed by atoms with Crippen molar-refractivity contribution in [3.05, 3.63) is 78.5 Å². The SMILES string of the molecule is O=C(Nc1cccc2ccccc12)NC(Cc1c[nH]c2ccccc12)C(=O)O. The number of carboxylic acid groups (broad SMARTS) is 1. The smallest absolute Gasteiger partial charge is 0.326 e. The fourth-order valence-electron chi connectivity index (χ4n) is 3.37. The lowest BCUT2D eigenvalue weighted by Gasteiger charge is -2.16. The number of hydrogen-bond donors (Lipinski definition) is 4. The van der Waals surface area contributed by atoms with Gasteiger partial charge in [-0.15, -0.1) is 0 Å². The largest absolute Gasteiger partial charge is 0.480 e. The molecule has 0 radical (unpaired) electrons. The Morgan fingerprint density at radius 3 is 2.46 bits per heavy atom. The number of aliphatic carboxylic acids is 1. The molecule has 0 aliphatic heterocycles. The molecule has 4 aromatic rings. The van der Waals surface area contributed by atoms with E-state index < -0.39 is 18.0 Å². The number of carbonyl (C=O) groups excluding carboxylic acids is 1. The molecule has 4 N–H and O–H groups in total. The van der Waals surface area contributed by atoms with Crippen LogP contribution in [0.1, 0.15) is 5.56 Å². The number of rotatable bonds is 5. The van der Waals surface area contributed by atoms with Crippen LogP contribution in [0.25, 0.3) is 21.7 Å². The van der Waals surface area contributed by atoms with Gasteiger partial charge in [0.15, 0.2) is 0 Å². The number of benzene rings is 3. The van der Waals surface area contributed by atoms with Crippen molar-refractivity contribution in [2.24, 2.45) is 0 Å². The van der Waals surface area contributed by atoms with Crippen LogP contribution in [-0.4, -0.2) is 28.1 Å². The van der Waals surface area contributed by atoms with E-state index in [0.717, 1.165) is 27.2 Å². The van der Waals surface area contributed by atoms with E-state index in [1.54, 1.807) is 12.3 Å². The van der Waals surface area contributed by atoms with E-state index >= 15 is 0 Å². The number of para-hydroxylation sites is 1. The molecule has 6 nitrogen and oxygen atoms in total. The molecule has 4 rings (SSSR count). The van der Waals surface area contributed by atoms with Crippen molar-refractivity contribution in [2.75, 3.05) is 5.32 Å². The van der Waals surface area contributed by atoms with E-state index in [2.05, 4.69) is 15.6 Å². The number of aromatic amines is 1. The average molecular weight is 373 g/mol. The summed E-state index contributed by atoms with van der Waals surface area (Å²) < 4.78 is 0. The van der Waals surface area contributed by atoms with Gasteiger partial charge >= 0.3 is 12.0 Å². The van der Waals surface area contributed by atoms with Gasteiger partial charge in [-0.2, -0.15) is 0 Å². The molecule has 0 bridgehead atoms. The molecule has 0 fully saturated rings. The van der Waals surface area contributed by atoms with Gasteiger partial charge in [-0.25, -0.2) is 9.59 Å². The monoisotopic (exact) mass is 373 g/mol. The van der Waals surface area contributed by atoms with E-state index in [1.807, 2.05) is 60.7 Å². The van der Waals surface area contributed by atoms with Crippen molar-refractivity contribution in [3.63, 3.8) is 0 Å². The van der Waals surface area contributed by atoms with Gasteiger partial charge in [-0.1, -0.05) is 54.6 Å². The van der Waals surface area contributed by atoms with Crippen molar-refractivity contribution in [3.8, 4) is 0 Å². The van der Waals surface area contributed by atoms with Gasteiger partial charge < -0.3 is 20.7 Å². The van der Waals surface area contributed by atoms with E-state index in [0.29, 0.717) is 5.69 Å². The number of H-pyrrole nitrogens is 1. The maximum Gasteiger partial charge on any atom is 0.326 e. The minimum atomic E-state index is -1.08. The number of aromatic nitrogens is 1. The van der Waals surface area contributed by atoms with Crippen molar-refractivity contribution in [1.82, 2.24) is 10.3 Å². The molecular formula is C22H19N3O3. The van der Waals surface area contributed by atoms with Gasteiger partial charge in [0.1, 0.15) is 6.04 Å². The quantitative estimate of drug-likeness (QED) is 0.423. The molecule has 0 spiro atoms. The number of urea groups is 1. The molecule has 0 aliphatic rings. The number of carboxylic acids is 1. The van der Waals surface area contributed by atoms with Crippen molar-refractivity contribution < 1.29 is 14.7 Å². The van der Waals surface area contributed by atoms with Gasteiger partial charge in [0.2, 0.25) is 0 Å². The number of anilines is 1. The summed E-state index contributed by atoms with van der Waals surface area (Å²) in [5.74, 6) is -1.08. The Bertz CT molecular complexity index is 1160. The summed E-state index contributed by atoms with van der Waals surface area (Å²) in [6.07, 6.45) is 1.97. The van der Waals surface area contributed by atoms with Crippen molar-refractivity contribution in [1.29, 1.82) is 0 Å². The van der Waals surface area contributed by atoms with Crippen LogP contribution in [0, 0.1) is 0 Å². The summed E-state index contributed by atoms with van der Waals surface area (Å²) in [5, 5.41) is 17.7. The molecule has 6 heteroatoms. The predicted octanol–water partition coefficient (Wildman–Crippen LogP) is 4.14. The number of carbonyl (C=O) groups is 2. The Kier molecular flexibility index (Phi) is 4.68. The third-order valence-corrected chi connectivity index (χ3v) is 4.74. The number of amides is 2. The third kappa shape index (κ3) is 3.53. The topological polar surface area (TPSA) is 94.2 Å². The highest BCUT2D eigenvalue weighted by Gasteiger charge is 2.22. The predicted molar refractivity (Wildman–Crippen MR) is 110 cm³/mol. The van der Waals surface area contributed by atoms with E-state index in [-0.39, 0.29) is 6.42 Å². The standard InChI is InChI=1S/C22H19N3O3/c26-21(27)20(12-15-13-23-18-10-4-3-9-17(15)18)25-22(28)24-19-11-5-7-14-6-1-2-8-16(14)19/h1-11,13,20,23H,12H2,(H,26,27)(H2,24,25,28). The fraction of sp³-hybridized carbons (Fsp3) is 0.0909. The summed E-state index contributed by atoms with van der Waals surface area (Å²) in [7, 11) is 0. The first-order valence-electron chi connectivity index (χ1n) is 8.95. The van der Waals surface area contributed by atoms with Crippen LogP contribution < -0.4 is 10.6 Å². The Balaban J connectivity index is 1.51. The van der Waals surface area contributed by atoms with Crippen LogP contribution in [0.5, 0.6) is 0 Å². The Morgan fingerprint density at radius 2 is 1.64 bits per heavy atom. The second-order valence-electron chi connectivity index (χ2n) is 6.58. The van der Waals surface area contributed by atoms with Crippen LogP contribution >= 0.6 is 0 Å². The molecule has 2 amide bonds. The highest BCUT2D eigenvalue weighted by molar-refractivity contribution is 6.02. The van der Waals surface area contributed by atoms with E-state index in [9.17, 15) is 14.7 Å². The summed E-state index contributed by atoms with van der Waals surface area (Å²) in [6, 6.07) is 19.3. The molecule has 3 aromatic carbocycles. The summed E-state index contributed by atoms with van der Waals surface area (Å²) in [6.45, 7) is 0. The minimum absolute atomic E-state index is 0.183. The maximum absolute atomic E-state index is 12.5. The first kappa shape index (κ1) is 17.6. The molecular weight excluding hydrogens is 354 g/mol. The summed E-state index contributed by atoms with van der Waals surface area (Å²) in [4.78, 5) is 27.3. The molecule has 1 heterocycles. The van der Waals surface area contributed by atoms with Gasteiger partial charge in [-0.05, 0) is 23.1 Å². The molecule has 28 heavy (non-hydrogen) atoms. The molecule has 1 aromatic heterocycles. The zero-order valence-electron chi connectivity index (χ0n) is 15.0. The lowest BCUT2D eigenvalue weighted by molar-refractivity contribution is -0.139. The highest BCUT2D eigenvalue weighted by atomic mass is 16.4. The van der Waals surface area contributed by atoms with Crippen LogP contribution in [-0.2, 0) is 11.2 Å². The van der Waals surface area contributed by atoms with E-state index in [4.69, 9.17) is 0 Å². The second kappa shape index (κ2) is 7.44. The van der Waals surface area contributed by atoms with Gasteiger partial charge in [0, 0.05) is 28.9 Å². The van der Waals surface area contributed by atoms with Crippen LogP contribution in [0.2, 0.25) is 0 Å². The Labute approximate surface area is 161 Å². The molecule has 0 saturated carbocycles. The normalized spacial score (nSPS) is 12.0. The van der Waals surface area contributed by atoms with Gasteiger partial charge in [0.05, 0.1) is 5.69 Å². The number of nitrogens with one attached hydrogen (secondary N) is 3. The maximum atomic E-state index is 12.5. The van der Waals surface area contributed by atoms with Crippen LogP contribution in [0.3, 0.4) is 0 Å². The molecule has 0 aliphatic carbocycles. The Hall–Kier alpha value is -3.80. The first-order valence-corrected chi connectivity index (χ1v) is 8.95. The van der Waals surface area contributed by atoms with Crippen molar-refractivity contribution >= 4 is 39.4 Å². The zero-order valence-corrected chi connectivity index (χ0v) is 15.0. The number of hydrogen-bond acceptors (Lipinski definition) is 2. The zero-order chi connectivity index (χ0) is 19.5. The lowest BCUT2D eigenvalue weighted by Crippen LogP contribution is -2.44. The molecule has 1 atom stereocenters. The first-order chi connectivity index (χ1) is 13.6. The third-order valence-electron chi connectivity index (χ3n) is 4.74.